The first-order valence-corrected chi connectivity index (χ1v) is 11.3. The van der Waals surface area contributed by atoms with Crippen LogP contribution in [0.15, 0.2) is 77.3 Å². The molecule has 35 heavy (non-hydrogen) atoms. The van der Waals surface area contributed by atoms with Gasteiger partial charge in [-0.1, -0.05) is 42.5 Å². The summed E-state index contributed by atoms with van der Waals surface area (Å²) < 4.78 is 18.7. The summed E-state index contributed by atoms with van der Waals surface area (Å²) in [6, 6.07) is 21.6. The quantitative estimate of drug-likeness (QED) is 0.298. The van der Waals surface area contributed by atoms with Crippen molar-refractivity contribution in [1.29, 1.82) is 0 Å². The van der Waals surface area contributed by atoms with Gasteiger partial charge in [0.2, 0.25) is 5.88 Å². The van der Waals surface area contributed by atoms with Crippen molar-refractivity contribution in [2.24, 2.45) is 0 Å². The molecular formula is C28H25N3O4. The van der Waals surface area contributed by atoms with Crippen LogP contribution in [-0.2, 0) is 17.6 Å². The lowest BCUT2D eigenvalue weighted by molar-refractivity contribution is -0.132. The molecule has 5 rings (SSSR count). The Kier molecular flexibility index (Phi) is 6.06. The second-order valence-electron chi connectivity index (χ2n) is 8.31. The molecule has 0 atom stereocenters. The van der Waals surface area contributed by atoms with Crippen LogP contribution in [0, 0.1) is 6.92 Å². The zero-order valence-corrected chi connectivity index (χ0v) is 19.8. The van der Waals surface area contributed by atoms with E-state index in [0.717, 1.165) is 34.1 Å². The Balaban J connectivity index is 1.71. The standard InChI is InChI=1S/C28H25N3O4/c1-18-12-13-23(34-18)16-25-28(35-19(2)32)31-17-26(21-10-7-11-22(15-21)33-3)29-24(27(31)30-25)14-20-8-5-4-6-9-20/h4-13,15,17H,14,16H2,1-3H3. The zero-order chi connectivity index (χ0) is 24.4. The molecular weight excluding hydrogens is 442 g/mol. The summed E-state index contributed by atoms with van der Waals surface area (Å²) >= 11 is 0. The highest BCUT2D eigenvalue weighted by Gasteiger charge is 2.21. The molecule has 0 aliphatic rings. The molecule has 0 unspecified atom stereocenters. The molecule has 0 aliphatic heterocycles. The fraction of sp³-hybridized carbons (Fsp3) is 0.179. The van der Waals surface area contributed by atoms with Gasteiger partial charge in [-0.05, 0) is 36.8 Å². The number of methoxy groups -OCH3 is 1. The van der Waals surface area contributed by atoms with E-state index in [1.165, 1.54) is 6.92 Å². The van der Waals surface area contributed by atoms with E-state index < -0.39 is 5.97 Å². The Hall–Kier alpha value is -4.39. The van der Waals surface area contributed by atoms with Crippen molar-refractivity contribution in [3.05, 3.63) is 101 Å². The average Bonchev–Trinajstić information content (AvgIpc) is 3.42. The third-order valence-electron chi connectivity index (χ3n) is 5.66. The first-order chi connectivity index (χ1) is 17.0. The monoisotopic (exact) mass is 467 g/mol. The van der Waals surface area contributed by atoms with Gasteiger partial charge in [0, 0.05) is 25.1 Å². The summed E-state index contributed by atoms with van der Waals surface area (Å²) in [5.41, 5.74) is 4.71. The number of carbonyl (C=O) groups is 1. The van der Waals surface area contributed by atoms with Crippen LogP contribution in [0.1, 0.15) is 35.4 Å². The topological polar surface area (TPSA) is 78.9 Å². The first-order valence-electron chi connectivity index (χ1n) is 11.3. The second-order valence-corrected chi connectivity index (χ2v) is 8.31. The predicted octanol–water partition coefficient (Wildman–Crippen LogP) is 5.41. The highest BCUT2D eigenvalue weighted by molar-refractivity contribution is 5.71. The second kappa shape index (κ2) is 9.46. The van der Waals surface area contributed by atoms with Gasteiger partial charge >= 0.3 is 5.97 Å². The number of nitrogens with zero attached hydrogens (tertiary/aromatic N) is 3. The van der Waals surface area contributed by atoms with E-state index in [0.29, 0.717) is 35.8 Å². The Labute approximate surface area is 203 Å². The molecule has 0 fully saturated rings. The van der Waals surface area contributed by atoms with E-state index in [9.17, 15) is 4.79 Å². The minimum Gasteiger partial charge on any atom is -0.497 e. The van der Waals surface area contributed by atoms with Gasteiger partial charge < -0.3 is 13.9 Å². The van der Waals surface area contributed by atoms with Gasteiger partial charge in [-0.25, -0.2) is 9.97 Å². The minimum atomic E-state index is -0.423. The van der Waals surface area contributed by atoms with Crippen LogP contribution in [0.5, 0.6) is 11.6 Å². The lowest BCUT2D eigenvalue weighted by Gasteiger charge is -2.10. The molecule has 0 saturated heterocycles. The third kappa shape index (κ3) is 4.80. The number of rotatable bonds is 7. The largest absolute Gasteiger partial charge is 0.497 e. The maximum Gasteiger partial charge on any atom is 0.309 e. The lowest BCUT2D eigenvalue weighted by Crippen LogP contribution is -2.07. The van der Waals surface area contributed by atoms with E-state index in [4.69, 9.17) is 23.9 Å². The summed E-state index contributed by atoms with van der Waals surface area (Å²) in [5, 5.41) is 0. The number of esters is 1. The van der Waals surface area contributed by atoms with Gasteiger partial charge in [-0.15, -0.1) is 0 Å². The van der Waals surface area contributed by atoms with Gasteiger partial charge in [0.05, 0.1) is 24.9 Å². The van der Waals surface area contributed by atoms with Crippen LogP contribution >= 0.6 is 0 Å². The summed E-state index contributed by atoms with van der Waals surface area (Å²) in [6.07, 6.45) is 2.80. The molecule has 0 bridgehead atoms. The predicted molar refractivity (Wildman–Crippen MR) is 132 cm³/mol. The zero-order valence-electron chi connectivity index (χ0n) is 19.8. The molecule has 176 valence electrons. The SMILES string of the molecule is COc1cccc(-c2cn3c(OC(C)=O)c(Cc4ccc(C)o4)nc3c(Cc3ccccc3)n2)c1. The van der Waals surface area contributed by atoms with E-state index >= 15 is 0 Å². The number of hydrogen-bond acceptors (Lipinski definition) is 6. The smallest absolute Gasteiger partial charge is 0.309 e. The molecule has 2 aromatic carbocycles. The van der Waals surface area contributed by atoms with Crippen molar-refractivity contribution < 1.29 is 18.7 Å². The molecule has 5 aromatic rings. The molecule has 0 N–H and O–H groups in total. The van der Waals surface area contributed by atoms with Crippen LogP contribution in [0.25, 0.3) is 16.9 Å². The number of carbonyl (C=O) groups excluding carboxylic acids is 1. The Morgan fingerprint density at radius 3 is 2.51 bits per heavy atom. The number of benzene rings is 2. The number of ether oxygens (including phenoxy) is 2. The minimum absolute atomic E-state index is 0.363. The van der Waals surface area contributed by atoms with E-state index in [1.807, 2.05) is 72.1 Å². The highest BCUT2D eigenvalue weighted by Crippen LogP contribution is 2.30. The van der Waals surface area contributed by atoms with Crippen LogP contribution < -0.4 is 9.47 Å². The number of fused-ring (bicyclic) bond motifs is 1. The van der Waals surface area contributed by atoms with Crippen LogP contribution in [0.3, 0.4) is 0 Å². The van der Waals surface area contributed by atoms with Gasteiger partial charge in [0.1, 0.15) is 23.0 Å². The van der Waals surface area contributed by atoms with Crippen LogP contribution in [0.2, 0.25) is 0 Å². The number of imidazole rings is 1. The number of hydrogen-bond donors (Lipinski definition) is 0. The maximum atomic E-state index is 12.1. The van der Waals surface area contributed by atoms with Gasteiger partial charge in [0.15, 0.2) is 5.65 Å². The molecule has 3 aromatic heterocycles. The van der Waals surface area contributed by atoms with E-state index in [-0.39, 0.29) is 0 Å². The summed E-state index contributed by atoms with van der Waals surface area (Å²) in [6.45, 7) is 3.28. The van der Waals surface area contributed by atoms with E-state index in [2.05, 4.69) is 12.1 Å². The van der Waals surface area contributed by atoms with Crippen molar-refractivity contribution in [3.8, 4) is 22.9 Å². The Morgan fingerprint density at radius 1 is 0.971 bits per heavy atom. The van der Waals surface area contributed by atoms with Crippen LogP contribution in [0.4, 0.5) is 0 Å². The van der Waals surface area contributed by atoms with Crippen molar-refractivity contribution in [1.82, 2.24) is 14.4 Å². The Bertz CT molecular complexity index is 1500. The summed E-state index contributed by atoms with van der Waals surface area (Å²) in [5.74, 6) is 2.22. The number of aryl methyl sites for hydroxylation is 1. The molecule has 0 spiro atoms. The van der Waals surface area contributed by atoms with Crippen molar-refractivity contribution >= 4 is 11.6 Å². The molecule has 0 saturated carbocycles. The fourth-order valence-electron chi connectivity index (χ4n) is 4.07. The summed E-state index contributed by atoms with van der Waals surface area (Å²) in [7, 11) is 1.63. The van der Waals surface area contributed by atoms with Crippen molar-refractivity contribution in [3.63, 3.8) is 0 Å². The molecule has 0 aliphatic carbocycles. The molecule has 7 nitrogen and oxygen atoms in total. The van der Waals surface area contributed by atoms with Crippen molar-refractivity contribution in [2.45, 2.75) is 26.7 Å². The third-order valence-corrected chi connectivity index (χ3v) is 5.66. The fourth-order valence-corrected chi connectivity index (χ4v) is 4.07. The maximum absolute atomic E-state index is 12.1. The average molecular weight is 468 g/mol. The van der Waals surface area contributed by atoms with E-state index in [1.54, 1.807) is 7.11 Å². The lowest BCUT2D eigenvalue weighted by atomic mass is 10.1. The molecule has 0 radical (unpaired) electrons. The normalized spacial score (nSPS) is 11.1. The summed E-state index contributed by atoms with van der Waals surface area (Å²) in [4.78, 5) is 21.9. The molecule has 0 amide bonds. The number of furan rings is 1. The molecule has 3 heterocycles. The molecule has 7 heteroatoms. The van der Waals surface area contributed by atoms with Gasteiger partial charge in [-0.3, -0.25) is 9.20 Å². The Morgan fingerprint density at radius 2 is 1.80 bits per heavy atom. The van der Waals surface area contributed by atoms with Gasteiger partial charge in [0.25, 0.3) is 0 Å². The van der Waals surface area contributed by atoms with Crippen molar-refractivity contribution in [2.75, 3.05) is 7.11 Å². The highest BCUT2D eigenvalue weighted by atomic mass is 16.5. The van der Waals surface area contributed by atoms with Gasteiger partial charge in [-0.2, -0.15) is 0 Å². The first kappa shape index (κ1) is 22.4. The van der Waals surface area contributed by atoms with Crippen LogP contribution in [-0.4, -0.2) is 27.4 Å². The number of aromatic nitrogens is 3.